The molecule has 2 aromatic heterocycles. The molecule has 3 atom stereocenters. The molecule has 0 radical (unpaired) electrons. The molecule has 0 bridgehead atoms. The summed E-state index contributed by atoms with van der Waals surface area (Å²) in [5, 5.41) is 17.5. The standard InChI is InChI=1S/C53H66ClN8O9PS/c1-34-49(73-33-57-34)36-14-12-35(13-15-36)28-56-51(66)43-27-40(63)30-62(43)52(67)50(53(2,3)4)59-47(64)31-70-22-23-71-32-48(65)61-20-18-60(19-21-61)39-17-16-37(44(26-39)69-5)25-46-55-29-41(54)42(58-46)24-38-10-8-9-11-45(38)72(6,7)68/h8-17,26,29,33,40,43,50,63H,18-25,27-28,30-32H2,1-7H3,(H,56,66)(H,59,64)/t40-,43+,50-/m1/s1. The van der Waals surface area contributed by atoms with Gasteiger partial charge in [0.25, 0.3) is 0 Å². The van der Waals surface area contributed by atoms with Crippen molar-refractivity contribution in [3.8, 4) is 16.2 Å². The molecule has 73 heavy (non-hydrogen) atoms. The lowest BCUT2D eigenvalue weighted by Crippen LogP contribution is -2.58. The molecule has 390 valence electrons. The first-order valence-corrected chi connectivity index (χ1v) is 28.2. The predicted octanol–water partition coefficient (Wildman–Crippen LogP) is 5.49. The lowest BCUT2D eigenvalue weighted by atomic mass is 9.85. The van der Waals surface area contributed by atoms with Gasteiger partial charge in [-0.05, 0) is 48.4 Å². The van der Waals surface area contributed by atoms with Crippen molar-refractivity contribution in [1.82, 2.24) is 35.4 Å². The molecule has 4 heterocycles. The minimum atomic E-state index is -2.51. The van der Waals surface area contributed by atoms with E-state index in [1.54, 1.807) is 48.4 Å². The molecule has 2 aliphatic heterocycles. The maximum absolute atomic E-state index is 14.0. The molecule has 3 aromatic carbocycles. The van der Waals surface area contributed by atoms with E-state index in [9.17, 15) is 28.8 Å². The van der Waals surface area contributed by atoms with Crippen LogP contribution in [-0.2, 0) is 52.6 Å². The largest absolute Gasteiger partial charge is 0.496 e. The highest BCUT2D eigenvalue weighted by molar-refractivity contribution is 7.70. The van der Waals surface area contributed by atoms with Gasteiger partial charge in [-0.15, -0.1) is 11.3 Å². The van der Waals surface area contributed by atoms with Crippen LogP contribution in [0.25, 0.3) is 10.4 Å². The van der Waals surface area contributed by atoms with Crippen molar-refractivity contribution in [3.63, 3.8) is 0 Å². The number of benzene rings is 3. The molecule has 0 unspecified atom stereocenters. The van der Waals surface area contributed by atoms with Crippen LogP contribution in [0.2, 0.25) is 5.02 Å². The fourth-order valence-corrected chi connectivity index (χ4v) is 11.3. The minimum Gasteiger partial charge on any atom is -0.496 e. The summed E-state index contributed by atoms with van der Waals surface area (Å²) in [5.41, 5.74) is 7.39. The number of nitrogens with one attached hydrogen (secondary N) is 2. The van der Waals surface area contributed by atoms with Crippen molar-refractivity contribution in [1.29, 1.82) is 0 Å². The first-order chi connectivity index (χ1) is 34.8. The number of carbonyl (C=O) groups excluding carboxylic acids is 4. The lowest BCUT2D eigenvalue weighted by Gasteiger charge is -2.36. The number of carbonyl (C=O) groups is 4. The number of hydrogen-bond donors (Lipinski definition) is 3. The van der Waals surface area contributed by atoms with E-state index >= 15 is 0 Å². The number of aliphatic hydroxyl groups excluding tert-OH is 1. The molecule has 0 spiro atoms. The zero-order valence-electron chi connectivity index (χ0n) is 42.6. The van der Waals surface area contributed by atoms with Gasteiger partial charge in [0.1, 0.15) is 44.0 Å². The van der Waals surface area contributed by atoms with Gasteiger partial charge in [0.15, 0.2) is 0 Å². The third-order valence-electron chi connectivity index (χ3n) is 13.0. The molecule has 2 fully saturated rings. The second kappa shape index (κ2) is 24.5. The van der Waals surface area contributed by atoms with Crippen molar-refractivity contribution >= 4 is 64.7 Å². The summed E-state index contributed by atoms with van der Waals surface area (Å²) in [6.07, 6.45) is 1.63. The van der Waals surface area contributed by atoms with Crippen LogP contribution in [-0.4, -0.2) is 151 Å². The molecular formula is C53H66ClN8O9PS. The first kappa shape index (κ1) is 55.0. The van der Waals surface area contributed by atoms with Gasteiger partial charge in [-0.2, -0.15) is 0 Å². The summed E-state index contributed by atoms with van der Waals surface area (Å²) in [6, 6.07) is 19.6. The summed E-state index contributed by atoms with van der Waals surface area (Å²) in [4.78, 5) is 73.7. The fourth-order valence-electron chi connectivity index (χ4n) is 9.00. The molecule has 0 saturated carbocycles. The summed E-state index contributed by atoms with van der Waals surface area (Å²) >= 11 is 8.12. The highest BCUT2D eigenvalue weighted by Crippen LogP contribution is 2.37. The number of rotatable bonds is 20. The smallest absolute Gasteiger partial charge is 0.248 e. The van der Waals surface area contributed by atoms with Gasteiger partial charge in [-0.3, -0.25) is 19.2 Å². The van der Waals surface area contributed by atoms with E-state index < -0.39 is 42.6 Å². The van der Waals surface area contributed by atoms with Gasteiger partial charge < -0.3 is 49.2 Å². The lowest BCUT2D eigenvalue weighted by molar-refractivity contribution is -0.144. The van der Waals surface area contributed by atoms with Crippen LogP contribution in [0.5, 0.6) is 5.75 Å². The van der Waals surface area contributed by atoms with E-state index in [1.165, 1.54) is 4.90 Å². The van der Waals surface area contributed by atoms with Crippen molar-refractivity contribution in [2.75, 3.05) is 84.5 Å². The molecule has 2 aliphatic rings. The number of anilines is 1. The average molecular weight is 1060 g/mol. The highest BCUT2D eigenvalue weighted by Gasteiger charge is 2.44. The van der Waals surface area contributed by atoms with Gasteiger partial charge in [0.2, 0.25) is 23.6 Å². The van der Waals surface area contributed by atoms with Crippen molar-refractivity contribution in [2.24, 2.45) is 5.41 Å². The number of aryl methyl sites for hydroxylation is 1. The van der Waals surface area contributed by atoms with E-state index in [0.717, 1.165) is 43.8 Å². The third-order valence-corrected chi connectivity index (χ3v) is 15.8. The number of likely N-dealkylation sites (tertiary alicyclic amines) is 1. The van der Waals surface area contributed by atoms with Crippen LogP contribution in [0.1, 0.15) is 61.1 Å². The van der Waals surface area contributed by atoms with E-state index in [4.69, 9.17) is 30.8 Å². The molecule has 5 aromatic rings. The number of piperazine rings is 1. The van der Waals surface area contributed by atoms with E-state index in [-0.39, 0.29) is 57.8 Å². The van der Waals surface area contributed by atoms with Gasteiger partial charge in [0.05, 0.1) is 53.2 Å². The maximum atomic E-state index is 14.0. The monoisotopic (exact) mass is 1060 g/mol. The van der Waals surface area contributed by atoms with Gasteiger partial charge >= 0.3 is 0 Å². The number of β-amino-alcohol motifs (C(OH)–C–C–N with tert-alkyl or cyclic N) is 1. The molecule has 3 N–H and O–H groups in total. The Hall–Kier alpha value is -5.75. The Balaban J connectivity index is 0.818. The van der Waals surface area contributed by atoms with E-state index in [2.05, 4.69) is 25.5 Å². The molecular weight excluding hydrogens is 991 g/mol. The maximum Gasteiger partial charge on any atom is 0.248 e. The number of hydrogen-bond acceptors (Lipinski definition) is 14. The highest BCUT2D eigenvalue weighted by atomic mass is 35.5. The van der Waals surface area contributed by atoms with Crippen LogP contribution in [0, 0.1) is 12.3 Å². The zero-order chi connectivity index (χ0) is 52.5. The van der Waals surface area contributed by atoms with Crippen LogP contribution >= 0.6 is 30.1 Å². The molecule has 20 heteroatoms. The van der Waals surface area contributed by atoms with E-state index in [1.807, 2.05) is 94.4 Å². The topological polar surface area (TPSA) is 206 Å². The zero-order valence-corrected chi connectivity index (χ0v) is 45.0. The SMILES string of the molecule is COc1cc(N2CCN(C(=O)COCCOCC(=O)N[C@H](C(=O)N3C[C@H](O)C[C@H]3C(=O)NCc3ccc(-c4scnc4C)cc3)C(C)(C)C)CC2)ccc1Cc1ncc(Cl)c(Cc2ccccc2P(C)(C)=O)n1. The quantitative estimate of drug-likeness (QED) is 0.0653. The van der Waals surface area contributed by atoms with Gasteiger partial charge in [-0.1, -0.05) is 87.0 Å². The molecule has 17 nitrogen and oxygen atoms in total. The van der Waals surface area contributed by atoms with Crippen molar-refractivity contribution < 1.29 is 43.1 Å². The van der Waals surface area contributed by atoms with Gasteiger partial charge in [0, 0.05) is 87.3 Å². The number of amides is 4. The van der Waals surface area contributed by atoms with Crippen LogP contribution in [0.3, 0.4) is 0 Å². The predicted molar refractivity (Wildman–Crippen MR) is 283 cm³/mol. The molecule has 2 saturated heterocycles. The van der Waals surface area contributed by atoms with Crippen LogP contribution in [0.15, 0.2) is 78.4 Å². The minimum absolute atomic E-state index is 0.0382. The van der Waals surface area contributed by atoms with E-state index in [0.29, 0.717) is 61.3 Å². The summed E-state index contributed by atoms with van der Waals surface area (Å²) < 4.78 is 30.0. The number of methoxy groups -OCH3 is 1. The van der Waals surface area contributed by atoms with Crippen LogP contribution in [0.4, 0.5) is 5.69 Å². The number of ether oxygens (including phenoxy) is 3. The molecule has 7 rings (SSSR count). The summed E-state index contributed by atoms with van der Waals surface area (Å²) in [6.45, 7) is 12.9. The Labute approximate surface area is 436 Å². The Bertz CT molecular complexity index is 2790. The second-order valence-corrected chi connectivity index (χ2v) is 24.3. The third kappa shape index (κ3) is 14.5. The Morgan fingerprint density at radius 2 is 1.64 bits per heavy atom. The molecule has 0 aliphatic carbocycles. The number of aliphatic hydroxyl groups is 1. The second-order valence-electron chi connectivity index (χ2n) is 19.8. The first-order valence-electron chi connectivity index (χ1n) is 24.3. The normalized spacial score (nSPS) is 16.6. The fraction of sp³-hybridized carbons (Fsp3) is 0.453. The van der Waals surface area contributed by atoms with Crippen molar-refractivity contribution in [2.45, 2.75) is 71.7 Å². The Kier molecular flexibility index (Phi) is 18.5. The van der Waals surface area contributed by atoms with Crippen LogP contribution < -0.4 is 25.6 Å². The van der Waals surface area contributed by atoms with Crippen molar-refractivity contribution in [3.05, 3.63) is 117 Å². The number of halogens is 1. The Morgan fingerprint density at radius 1 is 0.932 bits per heavy atom. The average Bonchev–Trinajstić information content (AvgIpc) is 3.99. The Morgan fingerprint density at radius 3 is 2.32 bits per heavy atom. The number of thiazole rings is 1. The van der Waals surface area contributed by atoms with Gasteiger partial charge in [-0.25, -0.2) is 15.0 Å². The summed E-state index contributed by atoms with van der Waals surface area (Å²) in [7, 11) is -0.888. The number of aromatic nitrogens is 3. The summed E-state index contributed by atoms with van der Waals surface area (Å²) in [5.74, 6) is -0.280. The number of nitrogens with zero attached hydrogens (tertiary/aromatic N) is 6. The molecule has 4 amide bonds.